The molecular weight excluding hydrogens is 460 g/mol. The molecule has 16 heavy (non-hydrogen) atoms. The van der Waals surface area contributed by atoms with E-state index in [4.69, 9.17) is 22.0 Å². The van der Waals surface area contributed by atoms with Crippen LogP contribution in [0, 0.1) is 0 Å². The molecule has 0 amide bonds. The van der Waals surface area contributed by atoms with Gasteiger partial charge < -0.3 is 9.63 Å². The summed E-state index contributed by atoms with van der Waals surface area (Å²) in [5.74, 6) is 0. The zero-order chi connectivity index (χ0) is 12.3. The summed E-state index contributed by atoms with van der Waals surface area (Å²) in [6.07, 6.45) is -0.410. The van der Waals surface area contributed by atoms with Gasteiger partial charge in [0.2, 0.25) is 0 Å². The largest absolute Gasteiger partial charge is 0.481 e. The summed E-state index contributed by atoms with van der Waals surface area (Å²) < 4.78 is 25.3. The minimum atomic E-state index is -3.98. The van der Waals surface area contributed by atoms with Gasteiger partial charge in [-0.1, -0.05) is 29.2 Å². The molecule has 4 atom stereocenters. The second-order valence-corrected chi connectivity index (χ2v) is 6.82. The van der Waals surface area contributed by atoms with Gasteiger partial charge in [-0.25, -0.2) is 7.42 Å². The number of hydrogen-bond donors (Lipinski definition) is 1. The molecule has 88 valence electrons. The van der Waals surface area contributed by atoms with Gasteiger partial charge in [0.15, 0.2) is 0 Å². The summed E-state index contributed by atoms with van der Waals surface area (Å²) >= 11 is 3.40. The summed E-state index contributed by atoms with van der Waals surface area (Å²) in [6, 6.07) is -0.591. The number of phosphoric acid groups is 1. The molecule has 1 aliphatic rings. The van der Waals surface area contributed by atoms with Crippen LogP contribution in [0.1, 0.15) is 0 Å². The highest BCUT2D eigenvalue weighted by Crippen LogP contribution is 2.46. The van der Waals surface area contributed by atoms with Gasteiger partial charge in [0, 0.05) is 11.6 Å². The molecular formula is C7H8BI2O5P. The van der Waals surface area contributed by atoms with Gasteiger partial charge in [-0.05, 0) is 0 Å². The lowest BCUT2D eigenvalue weighted by atomic mass is 9.92. The Kier molecular flexibility index (Phi) is 6.00. The van der Waals surface area contributed by atoms with Gasteiger partial charge in [0.05, 0.1) is 16.6 Å². The molecule has 5 nitrogen and oxygen atoms in total. The molecule has 0 saturated carbocycles. The van der Waals surface area contributed by atoms with Gasteiger partial charge in [-0.2, -0.15) is 0 Å². The van der Waals surface area contributed by atoms with Gasteiger partial charge in [-0.3, -0.25) is 4.52 Å². The number of hydrogen-bond acceptors (Lipinski definition) is 4. The van der Waals surface area contributed by atoms with Crippen LogP contribution in [0.5, 0.6) is 0 Å². The summed E-state index contributed by atoms with van der Waals surface area (Å²) in [5.41, 5.74) is 3.41. The van der Waals surface area contributed by atoms with Crippen molar-refractivity contribution in [1.82, 2.24) is 0 Å². The third-order valence-electron chi connectivity index (χ3n) is 1.94. The van der Waals surface area contributed by atoms with E-state index in [2.05, 4.69) is 37.8 Å². The summed E-state index contributed by atoms with van der Waals surface area (Å²) in [4.78, 5) is 9.04. The number of phosphoric ester groups is 1. The molecule has 0 spiro atoms. The summed E-state index contributed by atoms with van der Waals surface area (Å²) in [7, 11) is 1.67. The Morgan fingerprint density at radius 1 is 1.75 bits per heavy atom. The van der Waals surface area contributed by atoms with E-state index in [1.165, 1.54) is 23.0 Å². The first-order valence-corrected chi connectivity index (χ1v) is 7.76. The highest BCUT2D eigenvalue weighted by Gasteiger charge is 2.37. The van der Waals surface area contributed by atoms with Crippen LogP contribution >= 0.6 is 53.4 Å². The minimum absolute atomic E-state index is 0.0801. The van der Waals surface area contributed by atoms with Gasteiger partial charge in [0.25, 0.3) is 0 Å². The van der Waals surface area contributed by atoms with E-state index in [9.17, 15) is 4.57 Å². The molecule has 0 bridgehead atoms. The van der Waals surface area contributed by atoms with Gasteiger partial charge in [-0.15, -0.1) is 5.73 Å². The van der Waals surface area contributed by atoms with E-state index in [0.717, 1.165) is 5.57 Å². The molecule has 0 aliphatic carbocycles. The number of halogens is 2. The van der Waals surface area contributed by atoms with Crippen molar-refractivity contribution < 1.29 is 21.6 Å². The molecule has 1 fully saturated rings. The zero-order valence-electron chi connectivity index (χ0n) is 8.01. The second-order valence-electron chi connectivity index (χ2n) is 2.96. The lowest BCUT2D eigenvalue weighted by Gasteiger charge is -2.15. The Morgan fingerprint density at radius 2 is 2.38 bits per heavy atom. The fraction of sp³-hybridized carbons (Fsp3) is 0.571. The molecule has 1 N–H and O–H groups in total. The third-order valence-corrected chi connectivity index (χ3v) is 5.56. The summed E-state index contributed by atoms with van der Waals surface area (Å²) in [6.45, 7) is 3.43. The van der Waals surface area contributed by atoms with Crippen LogP contribution in [-0.4, -0.2) is 35.4 Å². The normalized spacial score (nSPS) is 33.4. The van der Waals surface area contributed by atoms with Crippen molar-refractivity contribution in [3.63, 3.8) is 0 Å². The van der Waals surface area contributed by atoms with Crippen LogP contribution in [-0.2, 0) is 16.7 Å². The quantitative estimate of drug-likeness (QED) is 0.225. The molecule has 1 saturated heterocycles. The van der Waals surface area contributed by atoms with E-state index in [0.29, 0.717) is 0 Å². The Labute approximate surface area is 122 Å². The maximum absolute atomic E-state index is 11.1. The molecule has 0 aromatic rings. The Balaban J connectivity index is 2.59. The monoisotopic (exact) mass is 468 g/mol. The highest BCUT2D eigenvalue weighted by atomic mass is 127. The first kappa shape index (κ1) is 15.2. The molecule has 2 radical (unpaired) electrons. The topological polar surface area (TPSA) is 65.0 Å². The van der Waals surface area contributed by atoms with Crippen molar-refractivity contribution in [2.75, 3.05) is 6.61 Å². The molecule has 1 heterocycles. The van der Waals surface area contributed by atoms with Crippen molar-refractivity contribution in [3.05, 3.63) is 17.9 Å². The third kappa shape index (κ3) is 3.81. The van der Waals surface area contributed by atoms with Crippen LogP contribution in [0.2, 0.25) is 0 Å². The maximum Gasteiger partial charge on any atom is 0.481 e. The van der Waals surface area contributed by atoms with E-state index >= 15 is 0 Å². The molecule has 9 heteroatoms. The van der Waals surface area contributed by atoms with E-state index < -0.39 is 19.9 Å². The second kappa shape index (κ2) is 6.33. The minimum Gasteiger partial charge on any atom is -0.376 e. The van der Waals surface area contributed by atoms with Crippen molar-refractivity contribution in [1.29, 1.82) is 0 Å². The predicted molar refractivity (Wildman–Crippen MR) is 75.8 cm³/mol. The smallest absolute Gasteiger partial charge is 0.376 e. The van der Waals surface area contributed by atoms with Crippen LogP contribution in [0.25, 0.3) is 0 Å². The molecule has 1 rings (SSSR count). The van der Waals surface area contributed by atoms with Gasteiger partial charge in [0.1, 0.15) is 30.9 Å². The van der Waals surface area contributed by atoms with E-state index in [1.54, 1.807) is 0 Å². The number of rotatable bonds is 4. The Bertz CT molecular complexity index is 359. The van der Waals surface area contributed by atoms with E-state index in [-0.39, 0.29) is 10.5 Å². The first-order valence-electron chi connectivity index (χ1n) is 4.14. The Hall–Kier alpha value is 1.11. The predicted octanol–water partition coefficient (Wildman–Crippen LogP) is 1.88. The van der Waals surface area contributed by atoms with Crippen LogP contribution in [0.4, 0.5) is 0 Å². The fourth-order valence-corrected chi connectivity index (χ4v) is 2.87. The SMILES string of the molecule is [B]C1OC(COP(=O)(O)OI)C(I)C1=C=C. The molecule has 4 unspecified atom stereocenters. The maximum atomic E-state index is 11.1. The van der Waals surface area contributed by atoms with Crippen LogP contribution < -0.4 is 0 Å². The van der Waals surface area contributed by atoms with Crippen molar-refractivity contribution in [2.24, 2.45) is 0 Å². The van der Waals surface area contributed by atoms with Crippen molar-refractivity contribution in [2.45, 2.75) is 16.0 Å². The molecule has 0 aromatic heterocycles. The number of ether oxygens (including phenoxy) is 1. The van der Waals surface area contributed by atoms with Crippen LogP contribution in [0.3, 0.4) is 0 Å². The highest BCUT2D eigenvalue weighted by molar-refractivity contribution is 14.1. The van der Waals surface area contributed by atoms with E-state index in [1.807, 2.05) is 0 Å². The van der Waals surface area contributed by atoms with Crippen molar-refractivity contribution in [3.8, 4) is 0 Å². The average molecular weight is 468 g/mol. The lowest BCUT2D eigenvalue weighted by molar-refractivity contribution is 0.0483. The Morgan fingerprint density at radius 3 is 2.81 bits per heavy atom. The standard InChI is InChI=1S/C7H8BI2O5P/c1-2-4-6(9)5(14-7(4)8)3-13-16(11,12)15-10/h5-7H,1,3H2,(H,11,12). The molecule has 0 aromatic carbocycles. The van der Waals surface area contributed by atoms with Crippen molar-refractivity contribution >= 4 is 61.3 Å². The fourth-order valence-electron chi connectivity index (χ4n) is 1.20. The average Bonchev–Trinajstić information content (AvgIpc) is 2.51. The zero-order valence-corrected chi connectivity index (χ0v) is 13.2. The first-order chi connectivity index (χ1) is 7.41. The number of alkyl halides is 1. The van der Waals surface area contributed by atoms with Crippen LogP contribution in [0.15, 0.2) is 17.9 Å². The molecule has 1 aliphatic heterocycles. The summed E-state index contributed by atoms with van der Waals surface area (Å²) in [5, 5.41) is 0. The lowest BCUT2D eigenvalue weighted by Crippen LogP contribution is -2.22. The van der Waals surface area contributed by atoms with Gasteiger partial charge >= 0.3 is 7.82 Å².